The highest BCUT2D eigenvalue weighted by Crippen LogP contribution is 2.30. The number of rotatable bonds is 6. The second-order valence-corrected chi connectivity index (χ2v) is 9.05. The van der Waals surface area contributed by atoms with Crippen molar-refractivity contribution in [1.29, 1.82) is 5.26 Å². The van der Waals surface area contributed by atoms with Crippen molar-refractivity contribution in [2.24, 2.45) is 0 Å². The third-order valence-corrected chi connectivity index (χ3v) is 6.76. The standard InChI is InChI=1S/C25H22FN7OS/c26-18-10-12-19(13-11-18)33-23(17-7-3-1-4-8-17)29-31-25(33)35-16-21(34)20(15-27)24-30-28-22-9-5-2-6-14-32(22)24/h1,3-4,7-8,10-13,34H,2,5-6,9,14,16H2. The van der Waals surface area contributed by atoms with E-state index in [4.69, 9.17) is 0 Å². The molecule has 0 atom stereocenters. The Balaban J connectivity index is 1.48. The van der Waals surface area contributed by atoms with Gasteiger partial charge in [-0.15, -0.1) is 20.4 Å². The van der Waals surface area contributed by atoms with E-state index >= 15 is 0 Å². The largest absolute Gasteiger partial charge is 0.510 e. The molecule has 1 aliphatic rings. The number of aromatic nitrogens is 6. The zero-order valence-corrected chi connectivity index (χ0v) is 19.6. The van der Waals surface area contributed by atoms with Gasteiger partial charge in [0.1, 0.15) is 29.0 Å². The van der Waals surface area contributed by atoms with Crippen LogP contribution in [0.15, 0.2) is 65.5 Å². The van der Waals surface area contributed by atoms with Gasteiger partial charge in [-0.05, 0) is 37.1 Å². The Kier molecular flexibility index (Phi) is 6.59. The summed E-state index contributed by atoms with van der Waals surface area (Å²) in [6.45, 7) is 0.725. The van der Waals surface area contributed by atoms with Gasteiger partial charge in [0.15, 0.2) is 16.8 Å². The number of fused-ring (bicyclic) bond motifs is 1. The van der Waals surface area contributed by atoms with Crippen molar-refractivity contribution in [3.63, 3.8) is 0 Å². The van der Waals surface area contributed by atoms with E-state index in [0.717, 1.165) is 43.6 Å². The molecule has 176 valence electrons. The number of nitrogens with zero attached hydrogens (tertiary/aromatic N) is 7. The topological polar surface area (TPSA) is 105 Å². The number of hydrogen-bond donors (Lipinski definition) is 1. The lowest BCUT2D eigenvalue weighted by molar-refractivity contribution is 0.419. The predicted molar refractivity (Wildman–Crippen MR) is 130 cm³/mol. The molecule has 3 heterocycles. The lowest BCUT2D eigenvalue weighted by atomic mass is 10.2. The molecule has 0 saturated heterocycles. The molecule has 0 amide bonds. The van der Waals surface area contributed by atoms with Crippen LogP contribution in [0.4, 0.5) is 4.39 Å². The van der Waals surface area contributed by atoms with E-state index in [0.29, 0.717) is 22.5 Å². The molecule has 10 heteroatoms. The average molecular weight is 488 g/mol. The van der Waals surface area contributed by atoms with Crippen molar-refractivity contribution in [2.75, 3.05) is 5.75 Å². The van der Waals surface area contributed by atoms with Gasteiger partial charge < -0.3 is 9.67 Å². The Morgan fingerprint density at radius 1 is 1.00 bits per heavy atom. The SMILES string of the molecule is N#CC(=C(O)CSc1nnc(-c2ccccc2)n1-c1ccc(F)cc1)c1nnc2n1CCCCC2. The number of aryl methyl sites for hydroxylation is 1. The van der Waals surface area contributed by atoms with E-state index < -0.39 is 0 Å². The summed E-state index contributed by atoms with van der Waals surface area (Å²) in [6.07, 6.45) is 3.92. The Bertz CT molecular complexity index is 1400. The van der Waals surface area contributed by atoms with Crippen molar-refractivity contribution < 1.29 is 9.50 Å². The number of aliphatic hydroxyl groups is 1. The molecule has 0 unspecified atom stereocenters. The number of benzene rings is 2. The number of thioether (sulfide) groups is 1. The minimum absolute atomic E-state index is 0.0825. The smallest absolute Gasteiger partial charge is 0.196 e. The van der Waals surface area contributed by atoms with Crippen molar-refractivity contribution in [3.8, 4) is 23.1 Å². The molecule has 0 bridgehead atoms. The molecular weight excluding hydrogens is 465 g/mol. The minimum Gasteiger partial charge on any atom is -0.510 e. The maximum Gasteiger partial charge on any atom is 0.196 e. The summed E-state index contributed by atoms with van der Waals surface area (Å²) in [5.41, 5.74) is 1.64. The van der Waals surface area contributed by atoms with Gasteiger partial charge in [-0.25, -0.2) is 4.39 Å². The first-order valence-electron chi connectivity index (χ1n) is 11.3. The van der Waals surface area contributed by atoms with Crippen LogP contribution in [0.5, 0.6) is 0 Å². The average Bonchev–Trinajstić information content (AvgIpc) is 3.41. The number of halogens is 1. The first-order valence-corrected chi connectivity index (χ1v) is 12.3. The van der Waals surface area contributed by atoms with E-state index in [1.54, 1.807) is 12.1 Å². The van der Waals surface area contributed by atoms with Crippen LogP contribution in [0.3, 0.4) is 0 Å². The molecule has 35 heavy (non-hydrogen) atoms. The predicted octanol–water partition coefficient (Wildman–Crippen LogP) is 4.98. The molecule has 0 fully saturated rings. The van der Waals surface area contributed by atoms with E-state index in [9.17, 15) is 14.8 Å². The molecule has 8 nitrogen and oxygen atoms in total. The molecular formula is C25H22FN7OS. The summed E-state index contributed by atoms with van der Waals surface area (Å²) < 4.78 is 17.3. The summed E-state index contributed by atoms with van der Waals surface area (Å²) in [7, 11) is 0. The fraction of sp³-hybridized carbons (Fsp3) is 0.240. The van der Waals surface area contributed by atoms with Gasteiger partial charge in [0.25, 0.3) is 0 Å². The van der Waals surface area contributed by atoms with E-state index in [-0.39, 0.29) is 22.9 Å². The van der Waals surface area contributed by atoms with Crippen molar-refractivity contribution in [2.45, 2.75) is 37.4 Å². The van der Waals surface area contributed by atoms with Gasteiger partial charge in [-0.1, -0.05) is 48.5 Å². The second kappa shape index (κ2) is 10.1. The molecule has 0 saturated carbocycles. The van der Waals surface area contributed by atoms with Gasteiger partial charge in [0.2, 0.25) is 0 Å². The molecule has 1 aliphatic heterocycles. The van der Waals surface area contributed by atoms with Gasteiger partial charge >= 0.3 is 0 Å². The van der Waals surface area contributed by atoms with Gasteiger partial charge in [0, 0.05) is 24.2 Å². The second-order valence-electron chi connectivity index (χ2n) is 8.11. The summed E-state index contributed by atoms with van der Waals surface area (Å²) >= 11 is 1.23. The van der Waals surface area contributed by atoms with E-state index in [1.165, 1.54) is 23.9 Å². The Morgan fingerprint density at radius 3 is 2.57 bits per heavy atom. The molecule has 0 aliphatic carbocycles. The Hall–Kier alpha value is -3.97. The quantitative estimate of drug-likeness (QED) is 0.232. The third kappa shape index (κ3) is 4.68. The highest BCUT2D eigenvalue weighted by molar-refractivity contribution is 7.99. The summed E-state index contributed by atoms with van der Waals surface area (Å²) in [5, 5.41) is 38.3. The number of hydrogen-bond acceptors (Lipinski definition) is 7. The summed E-state index contributed by atoms with van der Waals surface area (Å²) in [4.78, 5) is 0. The Morgan fingerprint density at radius 2 is 1.80 bits per heavy atom. The summed E-state index contributed by atoms with van der Waals surface area (Å²) in [6, 6.07) is 17.7. The zero-order valence-electron chi connectivity index (χ0n) is 18.8. The van der Waals surface area contributed by atoms with Crippen LogP contribution in [-0.4, -0.2) is 40.4 Å². The fourth-order valence-electron chi connectivity index (χ4n) is 4.08. The van der Waals surface area contributed by atoms with Crippen molar-refractivity contribution >= 4 is 17.3 Å². The number of nitriles is 1. The zero-order chi connectivity index (χ0) is 24.2. The van der Waals surface area contributed by atoms with Crippen molar-refractivity contribution in [3.05, 3.63) is 77.8 Å². The minimum atomic E-state index is -0.344. The monoisotopic (exact) mass is 487 g/mol. The first kappa shape index (κ1) is 22.8. The Labute approximate surface area is 205 Å². The van der Waals surface area contributed by atoms with E-state index in [2.05, 4.69) is 26.5 Å². The normalized spacial score (nSPS) is 14.1. The highest BCUT2D eigenvalue weighted by atomic mass is 32.2. The molecule has 0 radical (unpaired) electrons. The van der Waals surface area contributed by atoms with Crippen LogP contribution in [0, 0.1) is 17.1 Å². The van der Waals surface area contributed by atoms with Gasteiger partial charge in [-0.2, -0.15) is 5.26 Å². The van der Waals surface area contributed by atoms with Crippen molar-refractivity contribution in [1.82, 2.24) is 29.5 Å². The fourth-order valence-corrected chi connectivity index (χ4v) is 4.91. The van der Waals surface area contributed by atoms with Crippen LogP contribution in [-0.2, 0) is 13.0 Å². The van der Waals surface area contributed by atoms with Crippen LogP contribution < -0.4 is 0 Å². The van der Waals surface area contributed by atoms with Crippen LogP contribution in [0.2, 0.25) is 0 Å². The number of aliphatic hydroxyl groups excluding tert-OH is 1. The lowest BCUT2D eigenvalue weighted by Crippen LogP contribution is -2.07. The highest BCUT2D eigenvalue weighted by Gasteiger charge is 2.22. The molecule has 2 aromatic carbocycles. The molecule has 2 aromatic heterocycles. The van der Waals surface area contributed by atoms with E-state index in [1.807, 2.05) is 39.5 Å². The molecule has 4 aromatic rings. The van der Waals surface area contributed by atoms with Crippen LogP contribution in [0.25, 0.3) is 22.6 Å². The van der Waals surface area contributed by atoms with Crippen LogP contribution >= 0.6 is 11.8 Å². The lowest BCUT2D eigenvalue weighted by Gasteiger charge is -2.11. The molecule has 5 rings (SSSR count). The third-order valence-electron chi connectivity index (χ3n) is 5.82. The maximum absolute atomic E-state index is 13.6. The van der Waals surface area contributed by atoms with Gasteiger partial charge in [-0.3, -0.25) is 4.57 Å². The molecule has 0 spiro atoms. The molecule has 1 N–H and O–H groups in total. The van der Waals surface area contributed by atoms with Crippen LogP contribution in [0.1, 0.15) is 30.9 Å². The maximum atomic E-state index is 13.6. The number of allylic oxidation sites excluding steroid dienone is 1. The summed E-state index contributed by atoms with van der Waals surface area (Å²) in [5.74, 6) is 1.46. The van der Waals surface area contributed by atoms with Gasteiger partial charge in [0.05, 0.1) is 5.75 Å². The first-order chi connectivity index (χ1) is 17.2.